The first kappa shape index (κ1) is 28.8. The van der Waals surface area contributed by atoms with E-state index in [0.29, 0.717) is 11.5 Å². The largest absolute Gasteiger partial charge is 0.598 e. The number of hydrogen-bond acceptors (Lipinski definition) is 5. The fourth-order valence-corrected chi connectivity index (χ4v) is 4.72. The van der Waals surface area contributed by atoms with Gasteiger partial charge in [0.2, 0.25) is 0 Å². The lowest BCUT2D eigenvalue weighted by Crippen LogP contribution is -2.19. The molecule has 0 spiro atoms. The highest BCUT2D eigenvalue weighted by atomic mass is 32.1. The minimum atomic E-state index is -4.08. The second-order valence-corrected chi connectivity index (χ2v) is 15.0. The molecule has 0 amide bonds. The molecular weight excluding hydrogens is 463 g/mol. The van der Waals surface area contributed by atoms with Gasteiger partial charge in [0.25, 0.3) is 0 Å². The van der Waals surface area contributed by atoms with Crippen LogP contribution in [0.1, 0.15) is 105 Å². The van der Waals surface area contributed by atoms with Crippen LogP contribution in [0.3, 0.4) is 0 Å². The summed E-state index contributed by atoms with van der Waals surface area (Å²) in [5, 5.41) is 0. The lowest BCUT2D eigenvalue weighted by atomic mass is 9.80. The van der Waals surface area contributed by atoms with Crippen LogP contribution in [0.15, 0.2) is 36.4 Å². The summed E-state index contributed by atoms with van der Waals surface area (Å²) in [4.78, 5) is 0. The van der Waals surface area contributed by atoms with Crippen molar-refractivity contribution in [3.05, 3.63) is 58.7 Å². The molecule has 0 bridgehead atoms. The van der Waals surface area contributed by atoms with Crippen LogP contribution >= 0.6 is 20.7 Å². The van der Waals surface area contributed by atoms with Gasteiger partial charge in [0, 0.05) is 11.1 Å². The molecule has 190 valence electrons. The first-order chi connectivity index (χ1) is 15.2. The Morgan fingerprint density at radius 1 is 0.588 bits per heavy atom. The Kier molecular flexibility index (Phi) is 8.10. The first-order valence-corrected chi connectivity index (χ1v) is 13.6. The Bertz CT molecular complexity index is 982. The number of thiol groups is 1. The van der Waals surface area contributed by atoms with E-state index in [1.165, 1.54) is 11.1 Å². The molecule has 2 aromatic carbocycles. The molecule has 0 N–H and O–H groups in total. The molecule has 0 aliphatic heterocycles. The van der Waals surface area contributed by atoms with Crippen molar-refractivity contribution in [2.45, 2.75) is 105 Å². The standard InChI is InChI=1S/C28H43O4PS/c1-25(2,3)19-13-15-23(21(17-19)27(7,8)9)30-33(29,32-34)31-24-16-14-20(26(4,5)6)18-22(24)28(10,11)12/h13-18,34H,1-12H3. The van der Waals surface area contributed by atoms with Crippen molar-refractivity contribution in [1.29, 1.82) is 0 Å². The number of phosphoric acid groups is 1. The normalized spacial score (nSPS) is 13.7. The molecule has 0 aromatic heterocycles. The molecule has 0 atom stereocenters. The van der Waals surface area contributed by atoms with Crippen LogP contribution in [0.25, 0.3) is 0 Å². The van der Waals surface area contributed by atoms with Crippen molar-refractivity contribution >= 4 is 20.7 Å². The van der Waals surface area contributed by atoms with Crippen molar-refractivity contribution < 1.29 is 17.6 Å². The minimum absolute atomic E-state index is 0.0326. The number of rotatable bonds is 5. The van der Waals surface area contributed by atoms with Crippen LogP contribution in [-0.2, 0) is 30.2 Å². The maximum atomic E-state index is 13.7. The van der Waals surface area contributed by atoms with Crippen molar-refractivity contribution in [3.63, 3.8) is 0 Å². The van der Waals surface area contributed by atoms with Crippen molar-refractivity contribution in [1.82, 2.24) is 0 Å². The second-order valence-electron chi connectivity index (χ2n) is 13.1. The number of hydrogen-bond donors (Lipinski definition) is 1. The summed E-state index contributed by atoms with van der Waals surface area (Å²) in [6.45, 7) is 25.5. The van der Waals surface area contributed by atoms with Gasteiger partial charge in [0.15, 0.2) is 0 Å². The summed E-state index contributed by atoms with van der Waals surface area (Å²) >= 11 is 3.89. The molecule has 0 fully saturated rings. The summed E-state index contributed by atoms with van der Waals surface area (Å²) < 4.78 is 30.7. The summed E-state index contributed by atoms with van der Waals surface area (Å²) in [7, 11) is -4.08. The highest BCUT2D eigenvalue weighted by Crippen LogP contribution is 2.54. The molecule has 0 aliphatic carbocycles. The molecule has 0 aliphatic rings. The third-order valence-electron chi connectivity index (χ3n) is 5.83. The Balaban J connectivity index is 2.55. The van der Waals surface area contributed by atoms with E-state index in [-0.39, 0.29) is 21.7 Å². The highest BCUT2D eigenvalue weighted by molar-refractivity contribution is 7.80. The van der Waals surface area contributed by atoms with E-state index in [2.05, 4.69) is 108 Å². The van der Waals surface area contributed by atoms with Crippen LogP contribution in [0.4, 0.5) is 0 Å². The fraction of sp³-hybridized carbons (Fsp3) is 0.571. The van der Waals surface area contributed by atoms with Gasteiger partial charge >= 0.3 is 7.82 Å². The van der Waals surface area contributed by atoms with Gasteiger partial charge in [-0.05, 0) is 57.8 Å². The Hall–Kier alpha value is -1.42. The van der Waals surface area contributed by atoms with Crippen molar-refractivity contribution in [2.75, 3.05) is 0 Å². The zero-order chi connectivity index (χ0) is 26.3. The quantitative estimate of drug-likeness (QED) is 0.249. The molecule has 0 saturated carbocycles. The third-order valence-corrected chi connectivity index (χ3v) is 7.47. The number of benzene rings is 2. The Morgan fingerprint density at radius 2 is 0.912 bits per heavy atom. The molecule has 2 rings (SSSR count). The number of phosphoric ester groups is 1. The van der Waals surface area contributed by atoms with Gasteiger partial charge in [-0.1, -0.05) is 107 Å². The van der Waals surface area contributed by atoms with Crippen LogP contribution in [0, 0.1) is 0 Å². The van der Waals surface area contributed by atoms with Crippen molar-refractivity contribution in [3.8, 4) is 11.5 Å². The monoisotopic (exact) mass is 506 g/mol. The fourth-order valence-electron chi connectivity index (χ4n) is 3.62. The molecule has 0 saturated heterocycles. The van der Waals surface area contributed by atoms with Gasteiger partial charge < -0.3 is 9.05 Å². The average Bonchev–Trinajstić information content (AvgIpc) is 2.65. The van der Waals surface area contributed by atoms with E-state index >= 15 is 0 Å². The lowest BCUT2D eigenvalue weighted by molar-refractivity contribution is 0.309. The second kappa shape index (κ2) is 9.56. The summed E-state index contributed by atoms with van der Waals surface area (Å²) in [6.07, 6.45) is 0. The Labute approximate surface area is 213 Å². The molecule has 0 unspecified atom stereocenters. The third kappa shape index (κ3) is 7.06. The minimum Gasteiger partial charge on any atom is -0.394 e. The van der Waals surface area contributed by atoms with E-state index in [9.17, 15) is 4.57 Å². The molecule has 0 radical (unpaired) electrons. The summed E-state index contributed by atoms with van der Waals surface area (Å²) in [5.41, 5.74) is 3.62. The molecule has 0 heterocycles. The van der Waals surface area contributed by atoms with E-state index in [1.807, 2.05) is 24.3 Å². The average molecular weight is 507 g/mol. The predicted octanol–water partition coefficient (Wildman–Crippen LogP) is 9.30. The van der Waals surface area contributed by atoms with Crippen LogP contribution < -0.4 is 9.05 Å². The van der Waals surface area contributed by atoms with Gasteiger partial charge in [-0.15, -0.1) is 0 Å². The van der Waals surface area contributed by atoms with Crippen LogP contribution in [0.5, 0.6) is 11.5 Å². The maximum Gasteiger partial charge on any atom is 0.598 e. The highest BCUT2D eigenvalue weighted by Gasteiger charge is 2.35. The van der Waals surface area contributed by atoms with Crippen LogP contribution in [0.2, 0.25) is 0 Å². The van der Waals surface area contributed by atoms with Gasteiger partial charge in [0.1, 0.15) is 11.5 Å². The molecule has 34 heavy (non-hydrogen) atoms. The first-order valence-electron chi connectivity index (χ1n) is 11.8. The Morgan fingerprint density at radius 3 is 1.15 bits per heavy atom. The topological polar surface area (TPSA) is 44.8 Å². The van der Waals surface area contributed by atoms with Gasteiger partial charge in [0.05, 0.1) is 0 Å². The van der Waals surface area contributed by atoms with E-state index < -0.39 is 7.82 Å². The molecule has 4 nitrogen and oxygen atoms in total. The van der Waals surface area contributed by atoms with Gasteiger partial charge in [-0.25, -0.2) is 4.57 Å². The van der Waals surface area contributed by atoms with E-state index in [0.717, 1.165) is 11.1 Å². The predicted molar refractivity (Wildman–Crippen MR) is 147 cm³/mol. The summed E-state index contributed by atoms with van der Waals surface area (Å²) in [6, 6.07) is 11.9. The molecule has 2 aromatic rings. The molecule has 6 heteroatoms. The van der Waals surface area contributed by atoms with Gasteiger partial charge in [-0.2, -0.15) is 3.97 Å². The zero-order valence-electron chi connectivity index (χ0n) is 23.0. The SMILES string of the molecule is CC(C)(C)c1ccc(OP(=O)(OS)Oc2ccc(C(C)(C)C)cc2C(C)(C)C)c(C(C)(C)C)c1. The zero-order valence-corrected chi connectivity index (χ0v) is 24.8. The molecular formula is C28H43O4PS. The van der Waals surface area contributed by atoms with Crippen LogP contribution in [-0.4, -0.2) is 0 Å². The van der Waals surface area contributed by atoms with E-state index in [4.69, 9.17) is 13.0 Å². The summed E-state index contributed by atoms with van der Waals surface area (Å²) in [5.74, 6) is 0.919. The van der Waals surface area contributed by atoms with E-state index in [1.54, 1.807) is 0 Å². The van der Waals surface area contributed by atoms with Gasteiger partial charge in [-0.3, -0.25) is 0 Å². The lowest BCUT2D eigenvalue weighted by Gasteiger charge is -2.29. The smallest absolute Gasteiger partial charge is 0.394 e. The van der Waals surface area contributed by atoms with Crippen molar-refractivity contribution in [2.24, 2.45) is 0 Å². The maximum absolute atomic E-state index is 13.7.